The van der Waals surface area contributed by atoms with Gasteiger partial charge in [0.25, 0.3) is 0 Å². The van der Waals surface area contributed by atoms with Crippen LogP contribution in [0.3, 0.4) is 0 Å². The molecule has 1 aliphatic rings. The van der Waals surface area contributed by atoms with Crippen LogP contribution < -0.4 is 4.90 Å². The minimum absolute atomic E-state index is 0.00223. The third-order valence-corrected chi connectivity index (χ3v) is 5.52. The molecule has 1 saturated heterocycles. The fourth-order valence-electron chi connectivity index (χ4n) is 3.36. The number of thiazole rings is 1. The summed E-state index contributed by atoms with van der Waals surface area (Å²) in [5.74, 6) is 1.50. The molecule has 0 spiro atoms. The number of hydrogen-bond donors (Lipinski definition) is 1. The second-order valence-electron chi connectivity index (χ2n) is 6.30. The standard InChI is InChI=1S/C18H21N5OS/c24-12-16-13-25-18(21-16)23-8-3-4-14(10-23)17-20-7-9-22(17)11-15-5-1-2-6-19-15/h1-2,5-7,9,13-14,24H,3-4,8,10-12H2/t14-/m0/s1. The predicted molar refractivity (Wildman–Crippen MR) is 97.8 cm³/mol. The summed E-state index contributed by atoms with van der Waals surface area (Å²) >= 11 is 1.60. The highest BCUT2D eigenvalue weighted by Gasteiger charge is 2.26. The lowest BCUT2D eigenvalue weighted by Gasteiger charge is -2.32. The van der Waals surface area contributed by atoms with Gasteiger partial charge in [-0.15, -0.1) is 11.3 Å². The molecular weight excluding hydrogens is 334 g/mol. The Hall–Kier alpha value is -2.25. The molecule has 25 heavy (non-hydrogen) atoms. The number of nitrogens with zero attached hydrogens (tertiary/aromatic N) is 5. The van der Waals surface area contributed by atoms with Crippen LogP contribution in [0.1, 0.15) is 36.0 Å². The van der Waals surface area contributed by atoms with Crippen LogP contribution in [0.15, 0.2) is 42.2 Å². The van der Waals surface area contributed by atoms with Crippen molar-refractivity contribution < 1.29 is 5.11 Å². The summed E-state index contributed by atoms with van der Waals surface area (Å²) < 4.78 is 2.21. The molecule has 0 amide bonds. The van der Waals surface area contributed by atoms with Crippen LogP contribution in [0.2, 0.25) is 0 Å². The number of pyridine rings is 1. The molecule has 4 rings (SSSR count). The van der Waals surface area contributed by atoms with Crippen LogP contribution in [0.25, 0.3) is 0 Å². The zero-order chi connectivity index (χ0) is 17.1. The Balaban J connectivity index is 1.51. The summed E-state index contributed by atoms with van der Waals surface area (Å²) in [6.07, 6.45) is 8.00. The van der Waals surface area contributed by atoms with Crippen molar-refractivity contribution in [3.8, 4) is 0 Å². The first-order chi connectivity index (χ1) is 12.3. The molecule has 0 unspecified atom stereocenters. The Labute approximate surface area is 150 Å². The Bertz CT molecular complexity index is 816. The van der Waals surface area contributed by atoms with Crippen LogP contribution in [0.4, 0.5) is 5.13 Å². The molecule has 4 heterocycles. The summed E-state index contributed by atoms with van der Waals surface area (Å²) in [6.45, 7) is 2.67. The molecule has 0 bridgehead atoms. The van der Waals surface area contributed by atoms with Gasteiger partial charge in [-0.2, -0.15) is 0 Å². The van der Waals surface area contributed by atoms with Crippen LogP contribution in [-0.2, 0) is 13.2 Å². The number of aliphatic hydroxyl groups is 1. The van der Waals surface area contributed by atoms with Crippen LogP contribution in [-0.4, -0.2) is 37.7 Å². The number of hydrogen-bond acceptors (Lipinski definition) is 6. The summed E-state index contributed by atoms with van der Waals surface area (Å²) in [6, 6.07) is 6.00. The van der Waals surface area contributed by atoms with Gasteiger partial charge in [0.15, 0.2) is 5.13 Å². The lowest BCUT2D eigenvalue weighted by molar-refractivity contribution is 0.277. The summed E-state index contributed by atoms with van der Waals surface area (Å²) in [5, 5.41) is 12.2. The molecule has 0 aliphatic carbocycles. The fourth-order valence-corrected chi connectivity index (χ4v) is 4.21. The van der Waals surface area contributed by atoms with Crippen molar-refractivity contribution >= 4 is 16.5 Å². The minimum Gasteiger partial charge on any atom is -0.390 e. The predicted octanol–water partition coefficient (Wildman–Crippen LogP) is 2.66. The SMILES string of the molecule is OCc1csc(N2CCC[C@H](c3nccn3Cc3ccccn3)C2)n1. The summed E-state index contributed by atoms with van der Waals surface area (Å²) in [5.41, 5.74) is 1.79. The van der Waals surface area contributed by atoms with Gasteiger partial charge in [0.05, 0.1) is 24.5 Å². The fraction of sp³-hybridized carbons (Fsp3) is 0.389. The van der Waals surface area contributed by atoms with Crippen molar-refractivity contribution in [1.29, 1.82) is 0 Å². The molecule has 0 aromatic carbocycles. The van der Waals surface area contributed by atoms with Gasteiger partial charge < -0.3 is 14.6 Å². The van der Waals surface area contributed by atoms with E-state index < -0.39 is 0 Å². The number of piperidine rings is 1. The monoisotopic (exact) mass is 355 g/mol. The number of anilines is 1. The smallest absolute Gasteiger partial charge is 0.185 e. The zero-order valence-corrected chi connectivity index (χ0v) is 14.8. The van der Waals surface area contributed by atoms with Crippen LogP contribution >= 0.6 is 11.3 Å². The largest absolute Gasteiger partial charge is 0.390 e. The van der Waals surface area contributed by atoms with Crippen molar-refractivity contribution in [3.63, 3.8) is 0 Å². The van der Waals surface area contributed by atoms with E-state index in [-0.39, 0.29) is 6.61 Å². The summed E-state index contributed by atoms with van der Waals surface area (Å²) in [7, 11) is 0. The highest BCUT2D eigenvalue weighted by Crippen LogP contribution is 2.31. The molecule has 0 radical (unpaired) electrons. The van der Waals surface area contributed by atoms with Gasteiger partial charge in [-0.25, -0.2) is 9.97 Å². The van der Waals surface area contributed by atoms with Gasteiger partial charge >= 0.3 is 0 Å². The Kier molecular flexibility index (Phi) is 4.76. The van der Waals surface area contributed by atoms with Gasteiger partial charge in [-0.3, -0.25) is 4.98 Å². The van der Waals surface area contributed by atoms with E-state index in [9.17, 15) is 5.11 Å². The van der Waals surface area contributed by atoms with Crippen molar-refractivity contribution in [1.82, 2.24) is 19.5 Å². The van der Waals surface area contributed by atoms with Gasteiger partial charge in [-0.1, -0.05) is 6.07 Å². The average molecular weight is 355 g/mol. The van der Waals surface area contributed by atoms with E-state index in [4.69, 9.17) is 0 Å². The first-order valence-electron chi connectivity index (χ1n) is 8.54. The molecule has 1 atom stereocenters. The van der Waals surface area contributed by atoms with Crippen LogP contribution in [0, 0.1) is 0 Å². The molecule has 6 nitrogen and oxygen atoms in total. The van der Waals surface area contributed by atoms with Gasteiger partial charge in [0, 0.05) is 43.0 Å². The maximum Gasteiger partial charge on any atom is 0.185 e. The lowest BCUT2D eigenvalue weighted by atomic mass is 9.97. The maximum absolute atomic E-state index is 9.23. The van der Waals surface area contributed by atoms with Crippen molar-refractivity contribution in [2.45, 2.75) is 31.9 Å². The Morgan fingerprint density at radius 3 is 2.96 bits per heavy atom. The molecule has 1 aliphatic heterocycles. The van der Waals surface area contributed by atoms with E-state index in [2.05, 4.69) is 24.4 Å². The Morgan fingerprint density at radius 2 is 2.16 bits per heavy atom. The van der Waals surface area contributed by atoms with Gasteiger partial charge in [0.1, 0.15) is 5.82 Å². The Morgan fingerprint density at radius 1 is 1.20 bits per heavy atom. The number of rotatable bonds is 5. The van der Waals surface area contributed by atoms with Crippen molar-refractivity contribution in [2.24, 2.45) is 0 Å². The molecule has 3 aromatic heterocycles. The van der Waals surface area contributed by atoms with E-state index in [0.717, 1.165) is 54.8 Å². The topological polar surface area (TPSA) is 67.1 Å². The quantitative estimate of drug-likeness (QED) is 0.762. The maximum atomic E-state index is 9.23. The van der Waals surface area contributed by atoms with Gasteiger partial charge in [0.2, 0.25) is 0 Å². The van der Waals surface area contributed by atoms with E-state index in [0.29, 0.717) is 5.92 Å². The first-order valence-corrected chi connectivity index (χ1v) is 9.42. The average Bonchev–Trinajstić information content (AvgIpc) is 3.32. The number of aromatic nitrogens is 4. The van der Waals surface area contributed by atoms with Gasteiger partial charge in [-0.05, 0) is 25.0 Å². The van der Waals surface area contributed by atoms with E-state index in [1.54, 1.807) is 11.3 Å². The van der Waals surface area contributed by atoms with Crippen molar-refractivity contribution in [2.75, 3.05) is 18.0 Å². The van der Waals surface area contributed by atoms with E-state index >= 15 is 0 Å². The molecule has 1 N–H and O–H groups in total. The highest BCUT2D eigenvalue weighted by atomic mass is 32.1. The first kappa shape index (κ1) is 16.2. The van der Waals surface area contributed by atoms with Crippen molar-refractivity contribution in [3.05, 3.63) is 59.4 Å². The molecule has 130 valence electrons. The lowest BCUT2D eigenvalue weighted by Crippen LogP contribution is -2.35. The molecule has 1 fully saturated rings. The normalized spacial score (nSPS) is 17.8. The van der Waals surface area contributed by atoms with Crippen LogP contribution in [0.5, 0.6) is 0 Å². The summed E-state index contributed by atoms with van der Waals surface area (Å²) in [4.78, 5) is 15.9. The molecule has 0 saturated carbocycles. The third-order valence-electron chi connectivity index (χ3n) is 4.56. The second-order valence-corrected chi connectivity index (χ2v) is 7.14. The second kappa shape index (κ2) is 7.33. The minimum atomic E-state index is 0.00223. The number of aliphatic hydroxyl groups excluding tert-OH is 1. The third kappa shape index (κ3) is 3.57. The molecule has 3 aromatic rings. The zero-order valence-electron chi connectivity index (χ0n) is 14.0. The number of imidazole rings is 1. The molecular formula is C18H21N5OS. The molecule has 7 heteroatoms. The van der Waals surface area contributed by atoms with E-state index in [1.807, 2.05) is 42.2 Å². The highest BCUT2D eigenvalue weighted by molar-refractivity contribution is 7.13. The van der Waals surface area contributed by atoms with E-state index in [1.165, 1.54) is 0 Å².